The number of carbonyl (C=O) groups excluding carboxylic acids is 1. The van der Waals surface area contributed by atoms with E-state index in [1.165, 1.54) is 11.3 Å². The highest BCUT2D eigenvalue weighted by Gasteiger charge is 2.21. The van der Waals surface area contributed by atoms with Crippen LogP contribution in [0.4, 0.5) is 0 Å². The van der Waals surface area contributed by atoms with Gasteiger partial charge in [-0.2, -0.15) is 0 Å². The zero-order valence-electron chi connectivity index (χ0n) is 14.4. The van der Waals surface area contributed by atoms with Gasteiger partial charge in [0.2, 0.25) is 0 Å². The second-order valence-electron chi connectivity index (χ2n) is 6.63. The number of fused-ring (bicyclic) bond motifs is 1. The lowest BCUT2D eigenvalue weighted by atomic mass is 10.0. The molecule has 0 N–H and O–H groups in total. The highest BCUT2D eigenvalue weighted by Crippen LogP contribution is 2.32. The van der Waals surface area contributed by atoms with Crippen LogP contribution in [0.5, 0.6) is 0 Å². The summed E-state index contributed by atoms with van der Waals surface area (Å²) in [6.45, 7) is 5.53. The minimum atomic E-state index is -0.546. The van der Waals surface area contributed by atoms with Crippen molar-refractivity contribution in [1.82, 2.24) is 4.98 Å². The molecule has 3 rings (SSSR count). The third kappa shape index (κ3) is 4.09. The molecular weight excluding hydrogens is 434 g/mol. The summed E-state index contributed by atoms with van der Waals surface area (Å²) >= 11 is 10.7. The molecule has 132 valence electrons. The Kier molecular flexibility index (Phi) is 5.38. The maximum absolute atomic E-state index is 12.4. The topological polar surface area (TPSA) is 39.2 Å². The highest BCUT2D eigenvalue weighted by molar-refractivity contribution is 9.12. The van der Waals surface area contributed by atoms with E-state index in [0.717, 1.165) is 21.4 Å². The van der Waals surface area contributed by atoms with Crippen LogP contribution in [0.2, 0.25) is 5.02 Å². The summed E-state index contributed by atoms with van der Waals surface area (Å²) in [6, 6.07) is 7.53. The quantitative estimate of drug-likeness (QED) is 0.342. The fourth-order valence-corrected chi connectivity index (χ4v) is 3.76. The first-order valence-electron chi connectivity index (χ1n) is 7.80. The van der Waals surface area contributed by atoms with Crippen LogP contribution < -0.4 is 0 Å². The van der Waals surface area contributed by atoms with E-state index >= 15 is 0 Å². The van der Waals surface area contributed by atoms with E-state index < -0.39 is 5.60 Å². The first-order valence-corrected chi connectivity index (χ1v) is 9.86. The SMILES string of the molecule is CC(C)(C)OC(=O)c1csc2cc(-c3cc(Cl)ccc3C#CBr)cnc12. The number of ether oxygens (including phenoxy) is 1. The second-order valence-corrected chi connectivity index (χ2v) is 8.38. The summed E-state index contributed by atoms with van der Waals surface area (Å²) in [7, 11) is 0. The number of pyridine rings is 1. The number of aromatic nitrogens is 1. The van der Waals surface area contributed by atoms with Gasteiger partial charge in [-0.15, -0.1) is 11.3 Å². The first-order chi connectivity index (χ1) is 12.3. The average molecular weight is 449 g/mol. The van der Waals surface area contributed by atoms with Crippen LogP contribution in [0.15, 0.2) is 35.8 Å². The predicted octanol–water partition coefficient (Wildman–Crippen LogP) is 6.28. The Morgan fingerprint density at radius 1 is 1.31 bits per heavy atom. The lowest BCUT2D eigenvalue weighted by Crippen LogP contribution is -2.23. The Hall–Kier alpha value is -1.87. The number of rotatable bonds is 2. The molecule has 0 atom stereocenters. The lowest BCUT2D eigenvalue weighted by molar-refractivity contribution is 0.00721. The van der Waals surface area contributed by atoms with Gasteiger partial charge < -0.3 is 4.74 Å². The van der Waals surface area contributed by atoms with Gasteiger partial charge in [0, 0.05) is 49.2 Å². The molecule has 0 aliphatic rings. The van der Waals surface area contributed by atoms with Gasteiger partial charge in [0.05, 0.1) is 15.8 Å². The van der Waals surface area contributed by atoms with Crippen LogP contribution in [-0.4, -0.2) is 16.6 Å². The van der Waals surface area contributed by atoms with Crippen molar-refractivity contribution in [3.8, 4) is 21.9 Å². The fraction of sp³-hybridized carbons (Fsp3) is 0.200. The van der Waals surface area contributed by atoms with Crippen molar-refractivity contribution in [3.05, 3.63) is 52.0 Å². The molecule has 0 bridgehead atoms. The molecule has 2 aromatic heterocycles. The zero-order chi connectivity index (χ0) is 18.9. The Morgan fingerprint density at radius 2 is 2.08 bits per heavy atom. The van der Waals surface area contributed by atoms with Crippen molar-refractivity contribution in [2.45, 2.75) is 26.4 Å². The van der Waals surface area contributed by atoms with Gasteiger partial charge in [-0.1, -0.05) is 17.5 Å². The second kappa shape index (κ2) is 7.40. The molecule has 0 amide bonds. The van der Waals surface area contributed by atoms with E-state index in [1.54, 1.807) is 17.6 Å². The van der Waals surface area contributed by atoms with Crippen LogP contribution in [0.3, 0.4) is 0 Å². The van der Waals surface area contributed by atoms with E-state index in [4.69, 9.17) is 16.3 Å². The Balaban J connectivity index is 2.06. The van der Waals surface area contributed by atoms with Crippen LogP contribution in [0.25, 0.3) is 21.3 Å². The molecular formula is C20H15BrClNO2S. The highest BCUT2D eigenvalue weighted by atomic mass is 79.9. The van der Waals surface area contributed by atoms with E-state index in [9.17, 15) is 4.79 Å². The van der Waals surface area contributed by atoms with Crippen molar-refractivity contribution in [2.24, 2.45) is 0 Å². The standard InChI is InChI=1S/C20H15BrClNO2S/c1-20(2,3)25-19(24)16-11-26-17-8-13(10-23-18(16)17)15-9-14(22)5-4-12(15)6-7-21/h4-5,8-11H,1-3H3. The molecule has 26 heavy (non-hydrogen) atoms. The molecule has 0 saturated carbocycles. The molecule has 0 saturated heterocycles. The monoisotopic (exact) mass is 447 g/mol. The summed E-state index contributed by atoms with van der Waals surface area (Å²) in [5.41, 5.74) is 3.21. The van der Waals surface area contributed by atoms with Gasteiger partial charge in [0.1, 0.15) is 5.60 Å². The number of thiophene rings is 1. The van der Waals surface area contributed by atoms with Gasteiger partial charge >= 0.3 is 5.97 Å². The molecule has 0 unspecified atom stereocenters. The predicted molar refractivity (Wildman–Crippen MR) is 111 cm³/mol. The molecule has 3 nitrogen and oxygen atoms in total. The summed E-state index contributed by atoms with van der Waals surface area (Å²) in [6.07, 6.45) is 1.73. The number of halogens is 2. The normalized spacial score (nSPS) is 11.1. The summed E-state index contributed by atoms with van der Waals surface area (Å²) in [4.78, 5) is 19.6. The smallest absolute Gasteiger partial charge is 0.341 e. The van der Waals surface area contributed by atoms with Crippen molar-refractivity contribution in [2.75, 3.05) is 0 Å². The lowest BCUT2D eigenvalue weighted by Gasteiger charge is -2.19. The molecule has 0 spiro atoms. The fourth-order valence-electron chi connectivity index (χ4n) is 2.46. The van der Waals surface area contributed by atoms with E-state index in [1.807, 2.05) is 39.0 Å². The minimum absolute atomic E-state index is 0.363. The van der Waals surface area contributed by atoms with E-state index in [2.05, 4.69) is 31.7 Å². The molecule has 0 radical (unpaired) electrons. The van der Waals surface area contributed by atoms with Gasteiger partial charge in [-0.25, -0.2) is 4.79 Å². The molecule has 0 fully saturated rings. The van der Waals surface area contributed by atoms with Crippen molar-refractivity contribution in [1.29, 1.82) is 0 Å². The number of carbonyl (C=O) groups is 1. The van der Waals surface area contributed by atoms with E-state index in [0.29, 0.717) is 16.1 Å². The van der Waals surface area contributed by atoms with Crippen molar-refractivity contribution < 1.29 is 9.53 Å². The van der Waals surface area contributed by atoms with Gasteiger partial charge in [0.25, 0.3) is 0 Å². The van der Waals surface area contributed by atoms with Crippen LogP contribution in [0.1, 0.15) is 36.7 Å². The number of nitrogens with zero attached hydrogens (tertiary/aromatic N) is 1. The number of benzene rings is 1. The largest absolute Gasteiger partial charge is 0.456 e. The summed E-state index contributed by atoms with van der Waals surface area (Å²) in [5.74, 6) is 2.65. The van der Waals surface area contributed by atoms with Crippen LogP contribution in [0, 0.1) is 10.8 Å². The van der Waals surface area contributed by atoms with Gasteiger partial charge in [-0.3, -0.25) is 4.98 Å². The van der Waals surface area contributed by atoms with Crippen LogP contribution in [-0.2, 0) is 4.74 Å². The maximum Gasteiger partial charge on any atom is 0.341 e. The third-order valence-corrected chi connectivity index (χ3v) is 4.86. The van der Waals surface area contributed by atoms with Crippen molar-refractivity contribution >= 4 is 55.1 Å². The number of hydrogen-bond donors (Lipinski definition) is 0. The van der Waals surface area contributed by atoms with Crippen LogP contribution >= 0.6 is 38.9 Å². The Morgan fingerprint density at radius 3 is 2.77 bits per heavy atom. The minimum Gasteiger partial charge on any atom is -0.456 e. The van der Waals surface area contributed by atoms with Crippen molar-refractivity contribution in [3.63, 3.8) is 0 Å². The summed E-state index contributed by atoms with van der Waals surface area (Å²) in [5, 5.41) is 2.41. The molecule has 3 aromatic rings. The molecule has 0 aliphatic carbocycles. The third-order valence-electron chi connectivity index (χ3n) is 3.50. The summed E-state index contributed by atoms with van der Waals surface area (Å²) < 4.78 is 6.36. The number of hydrogen-bond acceptors (Lipinski definition) is 4. The van der Waals surface area contributed by atoms with Gasteiger partial charge in [0.15, 0.2) is 0 Å². The number of esters is 1. The zero-order valence-corrected chi connectivity index (χ0v) is 17.6. The average Bonchev–Trinajstić information content (AvgIpc) is 2.98. The molecule has 2 heterocycles. The molecule has 0 aliphatic heterocycles. The molecule has 1 aromatic carbocycles. The maximum atomic E-state index is 12.4. The molecule has 6 heteroatoms. The van der Waals surface area contributed by atoms with E-state index in [-0.39, 0.29) is 5.97 Å². The van der Waals surface area contributed by atoms with Gasteiger partial charge in [-0.05, 0) is 49.9 Å². The Labute approximate surface area is 169 Å². The first kappa shape index (κ1) is 18.9. The Bertz CT molecular complexity index is 1060.